The summed E-state index contributed by atoms with van der Waals surface area (Å²) in [6.45, 7) is 12.1. The Labute approximate surface area is 44.4 Å². The smallest absolute Gasteiger partial charge is 0 e. The van der Waals surface area contributed by atoms with Gasteiger partial charge >= 0.3 is 0 Å². The van der Waals surface area contributed by atoms with E-state index in [1.807, 2.05) is 0 Å². The van der Waals surface area contributed by atoms with Crippen LogP contribution in [0.1, 0.15) is 13.8 Å². The van der Waals surface area contributed by atoms with Crippen LogP contribution in [0.3, 0.4) is 0 Å². The van der Waals surface area contributed by atoms with E-state index in [2.05, 4.69) is 6.58 Å². The minimum Gasteiger partial charge on any atom is -0.518 e. The molecule has 0 radical (unpaired) electrons. The molecule has 50 valence electrons. The van der Waals surface area contributed by atoms with Crippen molar-refractivity contribution in [3.8, 4) is 0 Å². The molecule has 0 fully saturated rings. The quantitative estimate of drug-likeness (QED) is 0.328. The van der Waals surface area contributed by atoms with Crippen LogP contribution >= 0.6 is 0 Å². The minimum absolute atomic E-state index is 0. The van der Waals surface area contributed by atoms with Gasteiger partial charge in [-0.05, 0) is 6.92 Å². The summed E-state index contributed by atoms with van der Waals surface area (Å²) in [6, 6.07) is 0. The molecular weight excluding hydrogens is 1160 g/mol. The van der Waals surface area contributed by atoms with Crippen LogP contribution in [0.25, 0.3) is 0 Å². The van der Waals surface area contributed by atoms with Gasteiger partial charge in [0.25, 0.3) is 0 Å². The Morgan fingerprint density at radius 3 is 1.18 bits per heavy atom. The average Bonchev–Trinajstić information content (AvgIpc) is 1.33. The van der Waals surface area contributed by atoms with Crippen LogP contribution in [-0.4, -0.2) is 0 Å². The molecule has 0 aliphatic heterocycles. The largest absolute Gasteiger partial charge is 0.518 e. The second-order valence-corrected chi connectivity index (χ2v) is 0.920. The number of halogens is 1. The van der Waals surface area contributed by atoms with Crippen LogP contribution in [0.2, 0.25) is 0 Å². The van der Waals surface area contributed by atoms with Crippen LogP contribution in [0.15, 0.2) is 11.9 Å². The zero-order chi connectivity index (χ0) is 6.28. The fourth-order valence-electron chi connectivity index (χ4n) is 0. The average molecular weight is 1170 g/mol. The summed E-state index contributed by atoms with van der Waals surface area (Å²) in [7, 11) is 0. The molecule has 0 aromatic heterocycles. The van der Waals surface area contributed by atoms with Gasteiger partial charge in [-0.2, -0.15) is 0 Å². The summed E-state index contributed by atoms with van der Waals surface area (Å²) in [5, 5.41) is 0. The van der Waals surface area contributed by atoms with Crippen molar-refractivity contribution in [1.82, 2.24) is 0 Å². The van der Waals surface area contributed by atoms with E-state index in [9.17, 15) is 4.39 Å². The van der Waals surface area contributed by atoms with Crippen LogP contribution in [0.5, 0.6) is 0 Å². The number of hydrogen-bond acceptors (Lipinski definition) is 0. The topological polar surface area (TPSA) is 0 Å². The van der Waals surface area contributed by atoms with Crippen molar-refractivity contribution in [2.24, 2.45) is 0 Å². The fourth-order valence-corrected chi connectivity index (χ4v) is 0. The predicted molar refractivity (Wildman–Crippen MR) is 29.1 cm³/mol. The molecule has 0 saturated heterocycles. The molecule has 0 rings (SSSR count). The van der Waals surface area contributed by atoms with E-state index in [0.29, 0.717) is 0 Å². The standard InChI is InChI=1S/C3H4F.C3H5.4Rf/c1-3(2)4;1-3-2;;;;/h1H,2H3;1,3H,2H3;;;;/q2*-1;;;;. The molecule has 0 nitrogen and oxygen atoms in total. The van der Waals surface area contributed by atoms with Crippen molar-refractivity contribution >= 4 is 0 Å². The van der Waals surface area contributed by atoms with Gasteiger partial charge in [0.2, 0.25) is 0 Å². The van der Waals surface area contributed by atoms with Crippen molar-refractivity contribution in [2.45, 2.75) is 13.8 Å². The number of allylic oxidation sites excluding steroid dienone is 2. The van der Waals surface area contributed by atoms with Gasteiger partial charge in [-0.1, -0.05) is 12.8 Å². The second kappa shape index (κ2) is 302. The van der Waals surface area contributed by atoms with Gasteiger partial charge in [0.1, 0.15) is 0 Å². The third-order valence-corrected chi connectivity index (χ3v) is 0. The second-order valence-electron chi connectivity index (χ2n) is 0.920. The molecule has 0 spiro atoms. The van der Waals surface area contributed by atoms with Gasteiger partial charge < -0.3 is 13.2 Å². The molecule has 0 heterocycles. The Morgan fingerprint density at radius 2 is 1.18 bits per heavy atom. The maximum Gasteiger partial charge on any atom is 0 e. The number of hydrogen-bond donors (Lipinski definition) is 0. The Bertz CT molecular complexity index is 61.6. The van der Waals surface area contributed by atoms with Gasteiger partial charge in [-0.3, -0.25) is 10.5 Å². The first-order valence-electron chi connectivity index (χ1n) is 1.89. The first-order valence-corrected chi connectivity index (χ1v) is 1.89. The molecule has 0 aliphatic carbocycles. The van der Waals surface area contributed by atoms with E-state index < -0.39 is 5.83 Å². The third kappa shape index (κ3) is 2.99. The predicted octanol–water partition coefficient (Wildman–Crippen LogP) is 2.29. The van der Waals surface area contributed by atoms with Crippen LogP contribution in [0.4, 0.5) is 4.39 Å². The normalized spacial score (nSPS) is 3.55. The van der Waals surface area contributed by atoms with E-state index in [4.69, 9.17) is 6.58 Å². The van der Waals surface area contributed by atoms with Crippen molar-refractivity contribution in [3.63, 3.8) is 0 Å². The molecule has 0 aromatic rings. The summed E-state index contributed by atoms with van der Waals surface area (Å²) in [5.41, 5.74) is 0. The zero-order valence-electron chi connectivity index (χ0n) is 7.44. The van der Waals surface area contributed by atoms with Crippen molar-refractivity contribution in [3.05, 3.63) is 25.1 Å². The van der Waals surface area contributed by atoms with Crippen LogP contribution in [0, 0.1) is 13.2 Å². The Morgan fingerprint density at radius 1 is 1.18 bits per heavy atom. The van der Waals surface area contributed by atoms with Gasteiger partial charge in [-0.25, -0.2) is 0 Å². The SMILES string of the molecule is [CH-]=C(C)F.[CH-]=CC.[Rf].[Rf].[Rf].[Rf]. The molecule has 0 unspecified atom stereocenters. The summed E-state index contributed by atoms with van der Waals surface area (Å²) < 4.78 is 10.7. The maximum atomic E-state index is 10.7. The number of rotatable bonds is 0. The van der Waals surface area contributed by atoms with E-state index in [1.165, 1.54) is 13.0 Å². The van der Waals surface area contributed by atoms with Crippen molar-refractivity contribution < 1.29 is 4.39 Å². The third-order valence-electron chi connectivity index (χ3n) is 0. The van der Waals surface area contributed by atoms with Gasteiger partial charge in [0.15, 0.2) is 0 Å². The first-order chi connectivity index (χ1) is 3.15. The van der Waals surface area contributed by atoms with E-state index in [-0.39, 0.29) is 0 Å². The Kier molecular flexibility index (Phi) is 30700. The maximum absolute atomic E-state index is 10.7. The minimum atomic E-state index is -0.583. The molecule has 5 heteroatoms. The molecule has 0 bridgehead atoms. The molecule has 0 amide bonds. The summed E-state index contributed by atoms with van der Waals surface area (Å²) in [5.74, 6) is -0.583. The van der Waals surface area contributed by atoms with E-state index >= 15 is 0 Å². The van der Waals surface area contributed by atoms with Crippen LogP contribution in [-0.2, 0) is 0 Å². The molecular formula is C6H9FRf4-2. The van der Waals surface area contributed by atoms with E-state index in [0.717, 1.165) is 0 Å². The van der Waals surface area contributed by atoms with Gasteiger partial charge in [-0.15, -0.1) is 0 Å². The Hall–Kier alpha value is -4.59. The Balaban J connectivity index is -0.00000000848. The van der Waals surface area contributed by atoms with E-state index in [1.54, 1.807) is 6.92 Å². The molecule has 11 heavy (non-hydrogen) atoms. The molecule has 0 aliphatic rings. The zero-order valence-corrected chi connectivity index (χ0v) is 33.0. The van der Waals surface area contributed by atoms with Crippen molar-refractivity contribution in [2.75, 3.05) is 0 Å². The molecule has 0 N–H and O–H groups in total. The summed E-state index contributed by atoms with van der Waals surface area (Å²) in [6.07, 6.45) is 1.50. The van der Waals surface area contributed by atoms with Gasteiger partial charge in [0, 0.05) is 0 Å². The molecule has 0 atom stereocenters. The molecule has 0 aromatic carbocycles. The first kappa shape index (κ1) is 1120. The summed E-state index contributed by atoms with van der Waals surface area (Å²) >= 11 is 0. The summed E-state index contributed by atoms with van der Waals surface area (Å²) in [4.78, 5) is 0. The van der Waals surface area contributed by atoms with Crippen LogP contribution < -0.4 is 0 Å². The monoisotopic (exact) mass is 1170 g/mol. The van der Waals surface area contributed by atoms with Crippen molar-refractivity contribution in [1.29, 1.82) is 0 Å². The fraction of sp³-hybridized carbons (Fsp3) is 0.333. The molecule has 0 saturated carbocycles. The van der Waals surface area contributed by atoms with Gasteiger partial charge in [0.05, 0.1) is 0 Å².